The lowest BCUT2D eigenvalue weighted by molar-refractivity contribution is 0.525. The van der Waals surface area contributed by atoms with Gasteiger partial charge in [0.15, 0.2) is 0 Å². The molecular formula is C24H49N3. The molecule has 0 aromatic heterocycles. The summed E-state index contributed by atoms with van der Waals surface area (Å²) in [6.07, 6.45) is 14.4. The molecule has 0 saturated heterocycles. The molecule has 3 heteroatoms. The van der Waals surface area contributed by atoms with Crippen LogP contribution in [0, 0.1) is 23.7 Å². The first-order chi connectivity index (χ1) is 12.9. The zero-order chi connectivity index (χ0) is 20.3. The average Bonchev–Trinajstić information content (AvgIpc) is 2.57. The predicted molar refractivity (Wildman–Crippen MR) is 125 cm³/mol. The van der Waals surface area contributed by atoms with Gasteiger partial charge in [-0.25, -0.2) is 0 Å². The molecule has 27 heavy (non-hydrogen) atoms. The van der Waals surface area contributed by atoms with Gasteiger partial charge in [0, 0.05) is 25.5 Å². The highest BCUT2D eigenvalue weighted by Gasteiger charge is 2.01. The molecule has 0 heterocycles. The summed E-state index contributed by atoms with van der Waals surface area (Å²) in [6, 6.07) is 0. The minimum absolute atomic E-state index is 0.626. The number of hydrogen-bond donors (Lipinski definition) is 1. The highest BCUT2D eigenvalue weighted by atomic mass is 14.8. The van der Waals surface area contributed by atoms with Crippen LogP contribution in [0.25, 0.3) is 0 Å². The summed E-state index contributed by atoms with van der Waals surface area (Å²) in [5.41, 5.74) is 0. The first-order valence-corrected chi connectivity index (χ1v) is 11.6. The minimum atomic E-state index is 0.626. The molecule has 2 atom stereocenters. The van der Waals surface area contributed by atoms with Crippen molar-refractivity contribution >= 4 is 12.4 Å². The van der Waals surface area contributed by atoms with E-state index in [0.717, 1.165) is 38.0 Å². The van der Waals surface area contributed by atoms with Gasteiger partial charge in [0.2, 0.25) is 0 Å². The molecule has 0 fully saturated rings. The highest BCUT2D eigenvalue weighted by Crippen LogP contribution is 2.09. The van der Waals surface area contributed by atoms with Gasteiger partial charge in [0.25, 0.3) is 0 Å². The largest absolute Gasteiger partial charge is 0.317 e. The summed E-state index contributed by atoms with van der Waals surface area (Å²) in [5, 5.41) is 3.57. The molecule has 2 unspecified atom stereocenters. The van der Waals surface area contributed by atoms with Crippen molar-refractivity contribution in [2.75, 3.05) is 26.2 Å². The maximum atomic E-state index is 4.57. The molecule has 3 nitrogen and oxygen atoms in total. The molecule has 0 aromatic carbocycles. The topological polar surface area (TPSA) is 36.8 Å². The first kappa shape index (κ1) is 26.3. The maximum absolute atomic E-state index is 4.57. The number of rotatable bonds is 18. The Morgan fingerprint density at radius 1 is 0.593 bits per heavy atom. The molecule has 160 valence electrons. The standard InChI is InChI=1S/C24H49N3/c1-21(2)17-23(5)19-26-15-11-7-9-13-25-14-10-8-12-16-27-20-24(6)18-22(3)4/h19-25H,7-18H2,1-6H3. The number of aliphatic imine (C=N–C) groups is 2. The normalized spacial score (nSPS) is 14.8. The van der Waals surface area contributed by atoms with Gasteiger partial charge in [-0.1, -0.05) is 54.4 Å². The molecular weight excluding hydrogens is 330 g/mol. The second kappa shape index (κ2) is 18.7. The summed E-state index contributed by atoms with van der Waals surface area (Å²) in [5.74, 6) is 2.79. The third-order valence-corrected chi connectivity index (χ3v) is 4.69. The molecule has 0 rings (SSSR count). The minimum Gasteiger partial charge on any atom is -0.317 e. The van der Waals surface area contributed by atoms with Crippen LogP contribution in [0.5, 0.6) is 0 Å². The van der Waals surface area contributed by atoms with Crippen LogP contribution < -0.4 is 5.32 Å². The Morgan fingerprint density at radius 3 is 1.37 bits per heavy atom. The van der Waals surface area contributed by atoms with E-state index < -0.39 is 0 Å². The van der Waals surface area contributed by atoms with E-state index in [4.69, 9.17) is 0 Å². The van der Waals surface area contributed by atoms with Crippen LogP contribution in [-0.2, 0) is 0 Å². The average molecular weight is 380 g/mol. The van der Waals surface area contributed by atoms with Gasteiger partial charge < -0.3 is 5.32 Å². The van der Waals surface area contributed by atoms with Gasteiger partial charge in [-0.15, -0.1) is 0 Å². The molecule has 0 aliphatic carbocycles. The zero-order valence-corrected chi connectivity index (χ0v) is 19.3. The number of hydrogen-bond acceptors (Lipinski definition) is 3. The van der Waals surface area contributed by atoms with Crippen LogP contribution in [0.15, 0.2) is 9.98 Å². The van der Waals surface area contributed by atoms with Crippen LogP contribution in [0.4, 0.5) is 0 Å². The van der Waals surface area contributed by atoms with E-state index >= 15 is 0 Å². The van der Waals surface area contributed by atoms with Crippen molar-refractivity contribution in [2.24, 2.45) is 33.7 Å². The number of nitrogens with one attached hydrogen (secondary N) is 1. The van der Waals surface area contributed by atoms with Crippen LogP contribution in [0.1, 0.15) is 92.9 Å². The monoisotopic (exact) mass is 379 g/mol. The molecule has 0 radical (unpaired) electrons. The summed E-state index contributed by atoms with van der Waals surface area (Å²) in [6.45, 7) is 18.0. The van der Waals surface area contributed by atoms with Crippen LogP contribution in [-0.4, -0.2) is 38.6 Å². The van der Waals surface area contributed by atoms with E-state index in [1.54, 1.807) is 0 Å². The van der Waals surface area contributed by atoms with Gasteiger partial charge in [-0.2, -0.15) is 0 Å². The molecule has 1 N–H and O–H groups in total. The van der Waals surface area contributed by atoms with Gasteiger partial charge >= 0.3 is 0 Å². The van der Waals surface area contributed by atoms with Gasteiger partial charge in [0.1, 0.15) is 0 Å². The summed E-state index contributed by atoms with van der Waals surface area (Å²) < 4.78 is 0. The Morgan fingerprint density at radius 2 is 1.00 bits per heavy atom. The van der Waals surface area contributed by atoms with Gasteiger partial charge in [-0.05, 0) is 75.3 Å². The van der Waals surface area contributed by atoms with Crippen LogP contribution >= 0.6 is 0 Å². The summed E-state index contributed by atoms with van der Waals surface area (Å²) >= 11 is 0. The molecule has 0 amide bonds. The lowest BCUT2D eigenvalue weighted by atomic mass is 10.0. The van der Waals surface area contributed by atoms with Crippen molar-refractivity contribution < 1.29 is 0 Å². The molecule has 0 spiro atoms. The van der Waals surface area contributed by atoms with E-state index in [2.05, 4.69) is 69.3 Å². The lowest BCUT2D eigenvalue weighted by Crippen LogP contribution is -2.16. The Kier molecular flexibility index (Phi) is 18.2. The smallest absolute Gasteiger partial charge is 0.0385 e. The number of unbranched alkanes of at least 4 members (excludes halogenated alkanes) is 4. The highest BCUT2D eigenvalue weighted by molar-refractivity contribution is 5.60. The Balaban J connectivity index is 3.30. The Bertz CT molecular complexity index is 327. The zero-order valence-electron chi connectivity index (χ0n) is 19.3. The third kappa shape index (κ3) is 21.5. The molecule has 0 bridgehead atoms. The van der Waals surface area contributed by atoms with Gasteiger partial charge in [0.05, 0.1) is 0 Å². The van der Waals surface area contributed by atoms with Crippen molar-refractivity contribution in [3.8, 4) is 0 Å². The SMILES string of the molecule is CC(C)CC(C)C=NCCCCCNCCCCCN=CC(C)CC(C)C. The summed E-state index contributed by atoms with van der Waals surface area (Å²) in [7, 11) is 0. The molecule has 0 aromatic rings. The van der Waals surface area contributed by atoms with Crippen molar-refractivity contribution in [1.82, 2.24) is 5.32 Å². The van der Waals surface area contributed by atoms with E-state index in [0.29, 0.717) is 11.8 Å². The van der Waals surface area contributed by atoms with Gasteiger partial charge in [-0.3, -0.25) is 9.98 Å². The second-order valence-electron chi connectivity index (χ2n) is 9.20. The van der Waals surface area contributed by atoms with Crippen LogP contribution in [0.3, 0.4) is 0 Å². The van der Waals surface area contributed by atoms with E-state index in [1.165, 1.54) is 51.4 Å². The van der Waals surface area contributed by atoms with Crippen molar-refractivity contribution in [1.29, 1.82) is 0 Å². The fraction of sp³-hybridized carbons (Fsp3) is 0.917. The fourth-order valence-electron chi connectivity index (χ4n) is 3.50. The first-order valence-electron chi connectivity index (χ1n) is 11.6. The third-order valence-electron chi connectivity index (χ3n) is 4.69. The second-order valence-corrected chi connectivity index (χ2v) is 9.20. The van der Waals surface area contributed by atoms with E-state index in [-0.39, 0.29) is 0 Å². The Hall–Kier alpha value is -0.700. The predicted octanol–water partition coefficient (Wildman–Crippen LogP) is 6.42. The quantitative estimate of drug-likeness (QED) is 0.216. The molecule has 0 aliphatic heterocycles. The maximum Gasteiger partial charge on any atom is 0.0385 e. The van der Waals surface area contributed by atoms with E-state index in [9.17, 15) is 0 Å². The van der Waals surface area contributed by atoms with E-state index in [1.807, 2.05) is 0 Å². The Labute approximate surface area is 170 Å². The molecule has 0 aliphatic rings. The molecule has 0 saturated carbocycles. The summed E-state index contributed by atoms with van der Waals surface area (Å²) in [4.78, 5) is 9.15. The van der Waals surface area contributed by atoms with Crippen LogP contribution in [0.2, 0.25) is 0 Å². The lowest BCUT2D eigenvalue weighted by Gasteiger charge is -2.08. The van der Waals surface area contributed by atoms with Crippen molar-refractivity contribution in [2.45, 2.75) is 92.9 Å². The van der Waals surface area contributed by atoms with Crippen molar-refractivity contribution in [3.63, 3.8) is 0 Å². The number of nitrogens with zero attached hydrogens (tertiary/aromatic N) is 2. The fourth-order valence-corrected chi connectivity index (χ4v) is 3.50. The van der Waals surface area contributed by atoms with Crippen molar-refractivity contribution in [3.05, 3.63) is 0 Å².